The van der Waals surface area contributed by atoms with Crippen molar-refractivity contribution in [1.82, 2.24) is 25.1 Å². The van der Waals surface area contributed by atoms with Crippen molar-refractivity contribution in [2.75, 3.05) is 19.7 Å². The first-order chi connectivity index (χ1) is 9.90. The molecule has 12 heteroatoms. The molecule has 116 valence electrons. The lowest BCUT2D eigenvalue weighted by atomic mass is 10.5. The van der Waals surface area contributed by atoms with Crippen molar-refractivity contribution in [2.45, 2.75) is 13.5 Å². The Morgan fingerprint density at radius 3 is 2.71 bits per heavy atom. The lowest BCUT2D eigenvalue weighted by molar-refractivity contribution is -0.394. The van der Waals surface area contributed by atoms with Crippen molar-refractivity contribution in [1.29, 1.82) is 0 Å². The molecule has 2 amide bonds. The number of nitrogens with one attached hydrogen (secondary N) is 1. The van der Waals surface area contributed by atoms with Crippen LogP contribution in [0.25, 0.3) is 0 Å². The maximum atomic E-state index is 11.7. The van der Waals surface area contributed by atoms with Crippen LogP contribution < -0.4 is 5.32 Å². The van der Waals surface area contributed by atoms with E-state index in [1.165, 1.54) is 6.92 Å². The summed E-state index contributed by atoms with van der Waals surface area (Å²) in [6.07, 6.45) is 0. The van der Waals surface area contributed by atoms with Crippen LogP contribution in [0, 0.1) is 10.1 Å². The fourth-order valence-electron chi connectivity index (χ4n) is 1.32. The van der Waals surface area contributed by atoms with Crippen molar-refractivity contribution in [2.24, 2.45) is 0 Å². The summed E-state index contributed by atoms with van der Waals surface area (Å²) in [6, 6.07) is 0. The van der Waals surface area contributed by atoms with Gasteiger partial charge in [-0.3, -0.25) is 14.8 Å². The molecule has 0 unspecified atom stereocenters. The van der Waals surface area contributed by atoms with Gasteiger partial charge in [-0.2, -0.15) is 4.68 Å². The standard InChI is InChI=1S/C9H14N6O6/c1-2-14(19)6(17)5-13-7(8(18)10-3-4-16)11-9(12-13)15(20)21/h16,19H,2-5H2,1H3,(H,10,18). The van der Waals surface area contributed by atoms with E-state index in [9.17, 15) is 24.9 Å². The van der Waals surface area contributed by atoms with Crippen LogP contribution in [-0.2, 0) is 11.3 Å². The molecule has 0 aliphatic heterocycles. The van der Waals surface area contributed by atoms with E-state index < -0.39 is 35.1 Å². The topological polar surface area (TPSA) is 164 Å². The minimum absolute atomic E-state index is 0.00165. The Balaban J connectivity index is 3.02. The van der Waals surface area contributed by atoms with Gasteiger partial charge in [0, 0.05) is 18.2 Å². The number of aliphatic hydroxyl groups excluding tert-OH is 1. The van der Waals surface area contributed by atoms with Gasteiger partial charge in [0.25, 0.3) is 5.91 Å². The monoisotopic (exact) mass is 302 g/mol. The quantitative estimate of drug-likeness (QED) is 0.300. The number of nitro groups is 1. The van der Waals surface area contributed by atoms with Crippen LogP contribution in [0.5, 0.6) is 0 Å². The largest absolute Gasteiger partial charge is 0.491 e. The van der Waals surface area contributed by atoms with E-state index in [-0.39, 0.29) is 19.7 Å². The fourth-order valence-corrected chi connectivity index (χ4v) is 1.32. The molecule has 0 aliphatic carbocycles. The number of likely N-dealkylation sites (N-methyl/N-ethyl adjacent to an activating group) is 1. The molecule has 0 fully saturated rings. The maximum Gasteiger partial charge on any atom is 0.491 e. The molecule has 0 spiro atoms. The number of nitrogens with zero attached hydrogens (tertiary/aromatic N) is 5. The lowest BCUT2D eigenvalue weighted by Gasteiger charge is -2.11. The van der Waals surface area contributed by atoms with Crippen LogP contribution in [0.2, 0.25) is 0 Å². The highest BCUT2D eigenvalue weighted by molar-refractivity contribution is 5.91. The van der Waals surface area contributed by atoms with E-state index in [0.29, 0.717) is 9.75 Å². The molecule has 0 saturated heterocycles. The Labute approximate surface area is 118 Å². The molecular weight excluding hydrogens is 288 g/mol. The number of amides is 2. The molecule has 3 N–H and O–H groups in total. The molecule has 1 aromatic rings. The van der Waals surface area contributed by atoms with Gasteiger partial charge < -0.3 is 20.5 Å². The number of aliphatic hydroxyl groups is 1. The minimum atomic E-state index is -0.916. The summed E-state index contributed by atoms with van der Waals surface area (Å²) in [6.45, 7) is 0.501. The number of hydroxylamine groups is 2. The molecule has 0 atom stereocenters. The molecule has 0 aliphatic rings. The highest BCUT2D eigenvalue weighted by Crippen LogP contribution is 2.07. The Kier molecular flexibility index (Phi) is 5.68. The molecule has 1 aromatic heterocycles. The van der Waals surface area contributed by atoms with Gasteiger partial charge in [0.2, 0.25) is 0 Å². The third kappa shape index (κ3) is 4.19. The second-order valence-corrected chi connectivity index (χ2v) is 3.74. The summed E-state index contributed by atoms with van der Waals surface area (Å²) in [4.78, 5) is 36.4. The summed E-state index contributed by atoms with van der Waals surface area (Å²) in [5.74, 6) is -2.96. The van der Waals surface area contributed by atoms with Crippen molar-refractivity contribution < 1.29 is 24.8 Å². The highest BCUT2D eigenvalue weighted by atomic mass is 16.6. The van der Waals surface area contributed by atoms with Gasteiger partial charge in [-0.15, -0.1) is 0 Å². The number of aromatic nitrogens is 3. The van der Waals surface area contributed by atoms with Crippen LogP contribution in [0.3, 0.4) is 0 Å². The summed E-state index contributed by atoms with van der Waals surface area (Å²) < 4.78 is 0.714. The Bertz CT molecular complexity index is 543. The smallest absolute Gasteiger partial charge is 0.395 e. The third-order valence-corrected chi connectivity index (χ3v) is 2.30. The first-order valence-electron chi connectivity index (χ1n) is 5.88. The molecule has 0 saturated carbocycles. The molecule has 0 radical (unpaired) electrons. The number of carbonyl (C=O) groups excluding carboxylic acids is 2. The van der Waals surface area contributed by atoms with Gasteiger partial charge in [0.1, 0.15) is 6.54 Å². The zero-order chi connectivity index (χ0) is 16.0. The molecule has 12 nitrogen and oxygen atoms in total. The van der Waals surface area contributed by atoms with Crippen LogP contribution in [0.4, 0.5) is 5.95 Å². The van der Waals surface area contributed by atoms with Gasteiger partial charge in [0.05, 0.1) is 6.61 Å². The molecule has 1 rings (SSSR count). The van der Waals surface area contributed by atoms with Crippen LogP contribution >= 0.6 is 0 Å². The number of carbonyl (C=O) groups is 2. The number of hydrogen-bond acceptors (Lipinski definition) is 8. The summed E-state index contributed by atoms with van der Waals surface area (Å²) in [5, 5.41) is 34.5. The second-order valence-electron chi connectivity index (χ2n) is 3.74. The highest BCUT2D eigenvalue weighted by Gasteiger charge is 2.28. The van der Waals surface area contributed by atoms with Gasteiger partial charge in [-0.1, -0.05) is 0 Å². The van der Waals surface area contributed by atoms with Crippen molar-refractivity contribution in [3.63, 3.8) is 0 Å². The van der Waals surface area contributed by atoms with Crippen molar-refractivity contribution in [3.8, 4) is 0 Å². The lowest BCUT2D eigenvalue weighted by Crippen LogP contribution is -2.34. The van der Waals surface area contributed by atoms with Crippen molar-refractivity contribution >= 4 is 17.8 Å². The first-order valence-corrected chi connectivity index (χ1v) is 5.88. The van der Waals surface area contributed by atoms with E-state index in [2.05, 4.69) is 15.4 Å². The Morgan fingerprint density at radius 2 is 2.19 bits per heavy atom. The van der Waals surface area contributed by atoms with Gasteiger partial charge in [-0.25, -0.2) is 5.06 Å². The van der Waals surface area contributed by atoms with Crippen molar-refractivity contribution in [3.05, 3.63) is 15.9 Å². The summed E-state index contributed by atoms with van der Waals surface area (Å²) in [5.41, 5.74) is 0. The normalized spacial score (nSPS) is 10.2. The molecule has 0 bridgehead atoms. The Hall–Kier alpha value is -2.60. The average Bonchev–Trinajstić information content (AvgIpc) is 2.87. The summed E-state index contributed by atoms with van der Waals surface area (Å²) in [7, 11) is 0. The predicted octanol–water partition coefficient (Wildman–Crippen LogP) is -1.85. The minimum Gasteiger partial charge on any atom is -0.395 e. The average molecular weight is 302 g/mol. The van der Waals surface area contributed by atoms with Crippen LogP contribution in [0.1, 0.15) is 17.5 Å². The second kappa shape index (κ2) is 7.25. The fraction of sp³-hybridized carbons (Fsp3) is 0.556. The Morgan fingerprint density at radius 1 is 1.52 bits per heavy atom. The predicted molar refractivity (Wildman–Crippen MR) is 65.3 cm³/mol. The van der Waals surface area contributed by atoms with Gasteiger partial charge >= 0.3 is 17.7 Å². The van der Waals surface area contributed by atoms with E-state index in [4.69, 9.17) is 5.11 Å². The van der Waals surface area contributed by atoms with E-state index in [1.54, 1.807) is 0 Å². The summed E-state index contributed by atoms with van der Waals surface area (Å²) >= 11 is 0. The van der Waals surface area contributed by atoms with Gasteiger partial charge in [-0.05, 0) is 16.8 Å². The molecule has 21 heavy (non-hydrogen) atoms. The maximum absolute atomic E-state index is 11.7. The molecular formula is C9H14N6O6. The first kappa shape index (κ1) is 16.5. The van der Waals surface area contributed by atoms with Crippen LogP contribution in [0.15, 0.2) is 0 Å². The number of hydrogen-bond donors (Lipinski definition) is 3. The zero-order valence-electron chi connectivity index (χ0n) is 11.1. The third-order valence-electron chi connectivity index (χ3n) is 2.30. The van der Waals surface area contributed by atoms with Gasteiger partial charge in [0.15, 0.2) is 0 Å². The number of rotatable bonds is 7. The zero-order valence-corrected chi connectivity index (χ0v) is 11.1. The van der Waals surface area contributed by atoms with E-state index in [1.807, 2.05) is 0 Å². The SMILES string of the molecule is CCN(O)C(=O)Cn1nc([N+](=O)[O-])nc1C(=O)NCCO. The molecule has 1 heterocycles. The van der Waals surface area contributed by atoms with Crippen LogP contribution in [-0.4, -0.2) is 66.6 Å². The van der Waals surface area contributed by atoms with E-state index in [0.717, 1.165) is 0 Å². The van der Waals surface area contributed by atoms with E-state index >= 15 is 0 Å². The molecule has 0 aromatic carbocycles.